The summed E-state index contributed by atoms with van der Waals surface area (Å²) in [6.45, 7) is 6.43. The number of anilines is 2. The van der Waals surface area contributed by atoms with Gasteiger partial charge in [0.15, 0.2) is 0 Å². The molecule has 1 fully saturated rings. The lowest BCUT2D eigenvalue weighted by Crippen LogP contribution is -2.50. The van der Waals surface area contributed by atoms with Gasteiger partial charge < -0.3 is 10.1 Å². The monoisotopic (exact) mass is 471 g/mol. The summed E-state index contributed by atoms with van der Waals surface area (Å²) in [6.07, 6.45) is 5.04. The Bertz CT molecular complexity index is 1180. The topological polar surface area (TPSA) is 105 Å². The van der Waals surface area contributed by atoms with Crippen molar-refractivity contribution in [3.05, 3.63) is 53.1 Å². The first-order valence-corrected chi connectivity index (χ1v) is 12.4. The first kappa shape index (κ1) is 24.3. The van der Waals surface area contributed by atoms with Crippen molar-refractivity contribution in [2.45, 2.75) is 32.6 Å². The van der Waals surface area contributed by atoms with Crippen LogP contribution in [0.5, 0.6) is 5.75 Å². The summed E-state index contributed by atoms with van der Waals surface area (Å²) in [5, 5.41) is 2.71. The maximum absolute atomic E-state index is 12.5. The number of carbonyl (C=O) groups is 2. The number of hydrogen-bond acceptors (Lipinski definition) is 5. The average molecular weight is 472 g/mol. The predicted octanol–water partition coefficient (Wildman–Crippen LogP) is 3.98. The molecule has 176 valence electrons. The summed E-state index contributed by atoms with van der Waals surface area (Å²) in [5.41, 5.74) is 3.06. The molecule has 9 heteroatoms. The number of methoxy groups -OCH3 is 1. The van der Waals surface area contributed by atoms with Crippen LogP contribution in [0.2, 0.25) is 0 Å². The number of hydrogen-bond donors (Lipinski definition) is 2. The SMILES string of the molecule is COc1c(/C=C\c2ccc(NS(C)(=O)=O)cc2)cc(N2C(=O)CCNC2=O)cc1C(C)(C)C. The Kier molecular flexibility index (Phi) is 6.83. The second-order valence-electron chi connectivity index (χ2n) is 8.91. The molecule has 33 heavy (non-hydrogen) atoms. The van der Waals surface area contributed by atoms with E-state index in [9.17, 15) is 18.0 Å². The molecule has 0 aromatic heterocycles. The number of ether oxygens (including phenoxy) is 1. The van der Waals surface area contributed by atoms with Gasteiger partial charge in [0.2, 0.25) is 15.9 Å². The summed E-state index contributed by atoms with van der Waals surface area (Å²) in [7, 11) is -1.76. The Morgan fingerprint density at radius 1 is 1.09 bits per heavy atom. The lowest BCUT2D eigenvalue weighted by atomic mass is 9.84. The van der Waals surface area contributed by atoms with Crippen molar-refractivity contribution in [2.24, 2.45) is 0 Å². The van der Waals surface area contributed by atoms with Crippen LogP contribution in [0.3, 0.4) is 0 Å². The van der Waals surface area contributed by atoms with E-state index in [2.05, 4.69) is 10.0 Å². The van der Waals surface area contributed by atoms with Crippen molar-refractivity contribution >= 4 is 45.5 Å². The zero-order chi connectivity index (χ0) is 24.4. The third-order valence-corrected chi connectivity index (χ3v) is 5.72. The molecular formula is C24H29N3O5S. The standard InChI is InChI=1S/C24H29N3O5S/c1-24(2,3)20-15-19(27-21(28)12-13-25-23(27)29)14-17(22(20)32-4)9-6-16-7-10-18(11-8-16)26-33(5,30)31/h6-11,14-15,26H,12-13H2,1-5H3,(H,25,29)/b9-6-. The normalized spacial score (nSPS) is 15.0. The van der Waals surface area contributed by atoms with Gasteiger partial charge in [-0.15, -0.1) is 0 Å². The number of nitrogens with one attached hydrogen (secondary N) is 2. The molecule has 1 heterocycles. The summed E-state index contributed by atoms with van der Waals surface area (Å²) in [5.74, 6) is 0.399. The van der Waals surface area contributed by atoms with E-state index in [1.54, 1.807) is 37.4 Å². The molecule has 2 aromatic carbocycles. The minimum Gasteiger partial charge on any atom is -0.496 e. The second kappa shape index (κ2) is 9.27. The van der Waals surface area contributed by atoms with E-state index in [1.807, 2.05) is 39.0 Å². The van der Waals surface area contributed by atoms with Crippen molar-refractivity contribution in [1.29, 1.82) is 0 Å². The van der Waals surface area contributed by atoms with Crippen molar-refractivity contribution in [3.8, 4) is 5.75 Å². The minimum absolute atomic E-state index is 0.238. The van der Waals surface area contributed by atoms with E-state index < -0.39 is 16.1 Å². The predicted molar refractivity (Wildman–Crippen MR) is 131 cm³/mol. The number of carbonyl (C=O) groups excluding carboxylic acids is 2. The summed E-state index contributed by atoms with van der Waals surface area (Å²) in [6, 6.07) is 10.0. The number of rotatable bonds is 6. The molecule has 0 atom stereocenters. The van der Waals surface area contributed by atoms with Crippen molar-refractivity contribution < 1.29 is 22.7 Å². The van der Waals surface area contributed by atoms with Crippen LogP contribution in [0.4, 0.5) is 16.2 Å². The van der Waals surface area contributed by atoms with E-state index in [0.717, 1.165) is 17.4 Å². The van der Waals surface area contributed by atoms with Gasteiger partial charge in [0.25, 0.3) is 0 Å². The van der Waals surface area contributed by atoms with Gasteiger partial charge in [-0.3, -0.25) is 9.52 Å². The molecule has 3 rings (SSSR count). The Labute approximate surface area is 194 Å². The quantitative estimate of drug-likeness (QED) is 0.620. The van der Waals surface area contributed by atoms with Gasteiger partial charge in [-0.2, -0.15) is 0 Å². The third-order valence-electron chi connectivity index (χ3n) is 5.11. The smallest absolute Gasteiger partial charge is 0.328 e. The molecule has 0 aliphatic carbocycles. The van der Waals surface area contributed by atoms with Gasteiger partial charge in [0.1, 0.15) is 5.75 Å². The van der Waals surface area contributed by atoms with Crippen LogP contribution in [-0.2, 0) is 20.2 Å². The van der Waals surface area contributed by atoms with Crippen LogP contribution in [0.15, 0.2) is 36.4 Å². The van der Waals surface area contributed by atoms with Crippen LogP contribution >= 0.6 is 0 Å². The highest BCUT2D eigenvalue weighted by molar-refractivity contribution is 7.92. The van der Waals surface area contributed by atoms with Gasteiger partial charge in [-0.1, -0.05) is 45.1 Å². The fourth-order valence-corrected chi connectivity index (χ4v) is 4.14. The molecule has 0 unspecified atom stereocenters. The number of amides is 3. The molecule has 3 amide bonds. The number of benzene rings is 2. The van der Waals surface area contributed by atoms with Gasteiger partial charge in [0, 0.05) is 29.8 Å². The van der Waals surface area contributed by atoms with Gasteiger partial charge in [-0.25, -0.2) is 18.1 Å². The maximum Gasteiger partial charge on any atom is 0.328 e. The first-order valence-electron chi connectivity index (χ1n) is 10.5. The van der Waals surface area contributed by atoms with Crippen LogP contribution < -0.4 is 19.7 Å². The summed E-state index contributed by atoms with van der Waals surface area (Å²) < 4.78 is 30.9. The van der Waals surface area contributed by atoms with Gasteiger partial charge in [0.05, 0.1) is 19.1 Å². The number of imide groups is 1. The van der Waals surface area contributed by atoms with E-state index in [4.69, 9.17) is 4.74 Å². The lowest BCUT2D eigenvalue weighted by molar-refractivity contribution is -0.118. The van der Waals surface area contributed by atoms with E-state index in [0.29, 0.717) is 29.2 Å². The zero-order valence-corrected chi connectivity index (χ0v) is 20.2. The number of sulfonamides is 1. The highest BCUT2D eigenvalue weighted by Gasteiger charge is 2.30. The van der Waals surface area contributed by atoms with Gasteiger partial charge >= 0.3 is 6.03 Å². The molecule has 8 nitrogen and oxygen atoms in total. The molecule has 1 aliphatic heterocycles. The van der Waals surface area contributed by atoms with Crippen LogP contribution in [0.25, 0.3) is 12.2 Å². The maximum atomic E-state index is 12.5. The molecule has 0 radical (unpaired) electrons. The largest absolute Gasteiger partial charge is 0.496 e. The second-order valence-corrected chi connectivity index (χ2v) is 10.7. The number of nitrogens with zero attached hydrogens (tertiary/aromatic N) is 1. The molecule has 2 N–H and O–H groups in total. The molecule has 1 aliphatic rings. The molecule has 0 saturated carbocycles. The molecule has 0 spiro atoms. The number of urea groups is 1. The highest BCUT2D eigenvalue weighted by atomic mass is 32.2. The fraction of sp³-hybridized carbons (Fsp3) is 0.333. The first-order chi connectivity index (χ1) is 15.4. The van der Waals surface area contributed by atoms with E-state index >= 15 is 0 Å². The lowest BCUT2D eigenvalue weighted by Gasteiger charge is -2.29. The Morgan fingerprint density at radius 3 is 2.30 bits per heavy atom. The zero-order valence-electron chi connectivity index (χ0n) is 19.4. The van der Waals surface area contributed by atoms with Crippen molar-refractivity contribution in [2.75, 3.05) is 29.5 Å². The van der Waals surface area contributed by atoms with Crippen LogP contribution in [-0.4, -0.2) is 40.3 Å². The van der Waals surface area contributed by atoms with E-state index in [-0.39, 0.29) is 17.7 Å². The van der Waals surface area contributed by atoms with Crippen LogP contribution in [0.1, 0.15) is 43.9 Å². The molecule has 2 aromatic rings. The Balaban J connectivity index is 2.04. The fourth-order valence-electron chi connectivity index (χ4n) is 3.58. The van der Waals surface area contributed by atoms with Crippen molar-refractivity contribution in [3.63, 3.8) is 0 Å². The van der Waals surface area contributed by atoms with Gasteiger partial charge in [-0.05, 0) is 35.2 Å². The molecular weight excluding hydrogens is 442 g/mol. The minimum atomic E-state index is -3.35. The molecule has 1 saturated heterocycles. The summed E-state index contributed by atoms with van der Waals surface area (Å²) >= 11 is 0. The van der Waals surface area contributed by atoms with E-state index in [1.165, 1.54) is 4.90 Å². The van der Waals surface area contributed by atoms with Crippen molar-refractivity contribution in [1.82, 2.24) is 5.32 Å². The third kappa shape index (κ3) is 5.92. The molecule has 0 bridgehead atoms. The highest BCUT2D eigenvalue weighted by Crippen LogP contribution is 2.39. The Morgan fingerprint density at radius 2 is 1.76 bits per heavy atom. The average Bonchev–Trinajstić information content (AvgIpc) is 2.71. The van der Waals surface area contributed by atoms with Crippen LogP contribution in [0, 0.1) is 0 Å². The summed E-state index contributed by atoms with van der Waals surface area (Å²) in [4.78, 5) is 26.1. The Hall–Kier alpha value is -3.33.